The van der Waals surface area contributed by atoms with E-state index in [4.69, 9.17) is 9.47 Å². The second-order valence-electron chi connectivity index (χ2n) is 9.27. The quantitative estimate of drug-likeness (QED) is 0.696. The number of benzene rings is 2. The number of carbonyl (C=O) groups excluding carboxylic acids is 1. The van der Waals surface area contributed by atoms with E-state index in [1.54, 1.807) is 12.1 Å². The SMILES string of the molecule is CC1CN(c2ccc(NC(=O)c3cccc(S(=O)(=O)N4CC(C)OC(C)C4)c3)cc2)CC(C)O1. The summed E-state index contributed by atoms with van der Waals surface area (Å²) in [5, 5.41) is 2.87. The third kappa shape index (κ3) is 5.60. The summed E-state index contributed by atoms with van der Waals surface area (Å²) in [6, 6.07) is 13.8. The number of nitrogens with one attached hydrogen (secondary N) is 1. The smallest absolute Gasteiger partial charge is 0.255 e. The average molecular weight is 488 g/mol. The molecule has 2 heterocycles. The summed E-state index contributed by atoms with van der Waals surface area (Å²) in [5.74, 6) is -0.359. The summed E-state index contributed by atoms with van der Waals surface area (Å²) in [6.45, 7) is 10.0. The summed E-state index contributed by atoms with van der Waals surface area (Å²) in [4.78, 5) is 15.3. The minimum Gasteiger partial charge on any atom is -0.373 e. The van der Waals surface area contributed by atoms with Crippen LogP contribution in [0.2, 0.25) is 0 Å². The van der Waals surface area contributed by atoms with Crippen molar-refractivity contribution >= 4 is 27.3 Å². The molecule has 1 amide bonds. The van der Waals surface area contributed by atoms with Gasteiger partial charge in [0.1, 0.15) is 0 Å². The molecule has 4 unspecified atom stereocenters. The Labute approximate surface area is 201 Å². The molecular weight excluding hydrogens is 454 g/mol. The number of amides is 1. The van der Waals surface area contributed by atoms with Crippen LogP contribution in [0.4, 0.5) is 11.4 Å². The summed E-state index contributed by atoms with van der Waals surface area (Å²) >= 11 is 0. The highest BCUT2D eigenvalue weighted by molar-refractivity contribution is 7.89. The molecule has 2 saturated heterocycles. The molecule has 0 aliphatic carbocycles. The third-order valence-corrected chi connectivity index (χ3v) is 7.86. The zero-order valence-electron chi connectivity index (χ0n) is 20.1. The van der Waals surface area contributed by atoms with Crippen molar-refractivity contribution in [3.05, 3.63) is 54.1 Å². The van der Waals surface area contributed by atoms with Crippen molar-refractivity contribution < 1.29 is 22.7 Å². The standard InChI is InChI=1S/C25H33N3O5S/c1-17-13-27(14-18(2)32-17)23-10-8-22(9-11-23)26-25(29)21-6-5-7-24(12-21)34(30,31)28-15-19(3)33-20(4)16-28/h5-12,17-20H,13-16H2,1-4H3,(H,26,29). The topological polar surface area (TPSA) is 88.2 Å². The van der Waals surface area contributed by atoms with Gasteiger partial charge in [0.2, 0.25) is 10.0 Å². The van der Waals surface area contributed by atoms with Crippen molar-refractivity contribution in [2.24, 2.45) is 0 Å². The van der Waals surface area contributed by atoms with Gasteiger partial charge in [-0.25, -0.2) is 8.42 Å². The molecular formula is C25H33N3O5S. The van der Waals surface area contributed by atoms with Crippen LogP contribution in [0.25, 0.3) is 0 Å². The van der Waals surface area contributed by atoms with Crippen LogP contribution >= 0.6 is 0 Å². The molecule has 0 bridgehead atoms. The van der Waals surface area contributed by atoms with Gasteiger partial charge in [-0.05, 0) is 70.2 Å². The molecule has 34 heavy (non-hydrogen) atoms. The Balaban J connectivity index is 1.45. The van der Waals surface area contributed by atoms with Crippen LogP contribution in [0.3, 0.4) is 0 Å². The molecule has 0 saturated carbocycles. The highest BCUT2D eigenvalue weighted by Gasteiger charge is 2.32. The molecule has 1 N–H and O–H groups in total. The van der Waals surface area contributed by atoms with Crippen molar-refractivity contribution in [2.75, 3.05) is 36.4 Å². The van der Waals surface area contributed by atoms with Gasteiger partial charge in [0.15, 0.2) is 0 Å². The fourth-order valence-electron chi connectivity index (χ4n) is 4.62. The Morgan fingerprint density at radius 2 is 1.41 bits per heavy atom. The maximum absolute atomic E-state index is 13.2. The van der Waals surface area contributed by atoms with Crippen LogP contribution in [0, 0.1) is 0 Å². The molecule has 0 spiro atoms. The molecule has 2 fully saturated rings. The van der Waals surface area contributed by atoms with Gasteiger partial charge in [-0.1, -0.05) is 6.07 Å². The molecule has 4 rings (SSSR count). The van der Waals surface area contributed by atoms with E-state index in [1.807, 2.05) is 38.1 Å². The maximum atomic E-state index is 13.2. The molecule has 4 atom stereocenters. The summed E-state index contributed by atoms with van der Waals surface area (Å²) < 4.78 is 39.2. The van der Waals surface area contributed by atoms with Crippen LogP contribution in [-0.2, 0) is 19.5 Å². The number of ether oxygens (including phenoxy) is 2. The number of sulfonamides is 1. The number of hydrogen-bond acceptors (Lipinski definition) is 6. The summed E-state index contributed by atoms with van der Waals surface area (Å²) in [5.41, 5.74) is 2.00. The van der Waals surface area contributed by atoms with Crippen LogP contribution < -0.4 is 10.2 Å². The Hall–Kier alpha value is -2.46. The Kier molecular flexibility index (Phi) is 7.28. The highest BCUT2D eigenvalue weighted by atomic mass is 32.2. The average Bonchev–Trinajstić information content (AvgIpc) is 2.78. The maximum Gasteiger partial charge on any atom is 0.255 e. The van der Waals surface area contributed by atoms with Gasteiger partial charge >= 0.3 is 0 Å². The lowest BCUT2D eigenvalue weighted by Gasteiger charge is -2.36. The molecule has 2 aliphatic heterocycles. The van der Waals surface area contributed by atoms with Crippen LogP contribution in [0.15, 0.2) is 53.4 Å². The van der Waals surface area contributed by atoms with Crippen molar-refractivity contribution in [1.29, 1.82) is 0 Å². The number of anilines is 2. The Morgan fingerprint density at radius 3 is 2.00 bits per heavy atom. The molecule has 2 aliphatic rings. The van der Waals surface area contributed by atoms with Crippen molar-refractivity contribution in [3.8, 4) is 0 Å². The van der Waals surface area contributed by atoms with Crippen LogP contribution in [-0.4, -0.2) is 69.2 Å². The minimum atomic E-state index is -3.73. The van der Waals surface area contributed by atoms with Gasteiger partial charge in [0.25, 0.3) is 5.91 Å². The number of hydrogen-bond donors (Lipinski definition) is 1. The minimum absolute atomic E-state index is 0.104. The second-order valence-corrected chi connectivity index (χ2v) is 11.2. The second kappa shape index (κ2) is 10.0. The zero-order valence-corrected chi connectivity index (χ0v) is 20.9. The van der Waals surface area contributed by atoms with E-state index in [0.717, 1.165) is 18.8 Å². The first-order valence-electron chi connectivity index (χ1n) is 11.7. The molecule has 0 aromatic heterocycles. The first kappa shape index (κ1) is 24.7. The molecule has 184 valence electrons. The van der Waals surface area contributed by atoms with Gasteiger partial charge in [-0.3, -0.25) is 4.79 Å². The zero-order chi connectivity index (χ0) is 24.5. The van der Waals surface area contributed by atoms with Crippen LogP contribution in [0.5, 0.6) is 0 Å². The first-order chi connectivity index (χ1) is 16.1. The van der Waals surface area contributed by atoms with Gasteiger partial charge < -0.3 is 19.7 Å². The normalized spacial score (nSPS) is 26.3. The lowest BCUT2D eigenvalue weighted by atomic mass is 10.1. The predicted octanol–water partition coefficient (Wildman–Crippen LogP) is 3.35. The van der Waals surface area contributed by atoms with E-state index >= 15 is 0 Å². The monoisotopic (exact) mass is 487 g/mol. The van der Waals surface area contributed by atoms with E-state index in [1.165, 1.54) is 16.4 Å². The number of nitrogens with zero attached hydrogens (tertiary/aromatic N) is 2. The van der Waals surface area contributed by atoms with Gasteiger partial charge in [-0.2, -0.15) is 4.31 Å². The first-order valence-corrected chi connectivity index (χ1v) is 13.1. The number of rotatable bonds is 5. The summed E-state index contributed by atoms with van der Waals surface area (Å²) in [7, 11) is -3.73. The fourth-order valence-corrected chi connectivity index (χ4v) is 6.26. The van der Waals surface area contributed by atoms with E-state index in [2.05, 4.69) is 24.1 Å². The van der Waals surface area contributed by atoms with Crippen LogP contribution in [0.1, 0.15) is 38.1 Å². The molecule has 2 aromatic carbocycles. The van der Waals surface area contributed by atoms with Gasteiger partial charge in [0, 0.05) is 43.1 Å². The van der Waals surface area contributed by atoms with Crippen molar-refractivity contribution in [3.63, 3.8) is 0 Å². The molecule has 0 radical (unpaired) electrons. The number of morpholine rings is 2. The van der Waals surface area contributed by atoms with Crippen molar-refractivity contribution in [1.82, 2.24) is 4.31 Å². The van der Waals surface area contributed by atoms with E-state index in [0.29, 0.717) is 5.69 Å². The largest absolute Gasteiger partial charge is 0.373 e. The number of carbonyl (C=O) groups is 1. The predicted molar refractivity (Wildman–Crippen MR) is 132 cm³/mol. The van der Waals surface area contributed by atoms with Gasteiger partial charge in [0.05, 0.1) is 29.3 Å². The summed E-state index contributed by atoms with van der Waals surface area (Å²) in [6.07, 6.45) is -0.0418. The Bertz CT molecular complexity index is 1100. The lowest BCUT2D eigenvalue weighted by molar-refractivity contribution is -0.0440. The lowest BCUT2D eigenvalue weighted by Crippen LogP contribution is -2.48. The van der Waals surface area contributed by atoms with Gasteiger partial charge in [-0.15, -0.1) is 0 Å². The Morgan fingerprint density at radius 1 is 0.853 bits per heavy atom. The molecule has 8 nitrogen and oxygen atoms in total. The van der Waals surface area contributed by atoms with Crippen molar-refractivity contribution in [2.45, 2.75) is 57.0 Å². The van der Waals surface area contributed by atoms with E-state index in [-0.39, 0.29) is 53.9 Å². The highest BCUT2D eigenvalue weighted by Crippen LogP contribution is 2.24. The third-order valence-electron chi connectivity index (χ3n) is 6.03. The molecule has 9 heteroatoms. The molecule has 2 aromatic rings. The fraction of sp³-hybridized carbons (Fsp3) is 0.480. The van der Waals surface area contributed by atoms with E-state index in [9.17, 15) is 13.2 Å². The van der Waals surface area contributed by atoms with E-state index < -0.39 is 10.0 Å².